The fourth-order valence-corrected chi connectivity index (χ4v) is 2.00. The third kappa shape index (κ3) is 3.35. The molecule has 1 heterocycles. The largest absolute Gasteiger partial charge is 0.352 e. The van der Waals surface area contributed by atoms with Crippen molar-refractivity contribution in [1.82, 2.24) is 4.98 Å². The van der Waals surface area contributed by atoms with Crippen LogP contribution in [0.3, 0.4) is 0 Å². The standard InChI is InChI=1S/C12H20ClN3/c1-3-11(4-2)16(8-7-14)12-6-5-10(13)9-15-12/h5-6,9,11H,3-4,7-8,14H2,1-2H3. The number of hydrogen-bond donors (Lipinski definition) is 1. The Morgan fingerprint density at radius 2 is 2.06 bits per heavy atom. The van der Waals surface area contributed by atoms with Crippen molar-refractivity contribution in [1.29, 1.82) is 0 Å². The highest BCUT2D eigenvalue weighted by molar-refractivity contribution is 6.30. The number of halogens is 1. The van der Waals surface area contributed by atoms with Gasteiger partial charge in [-0.05, 0) is 25.0 Å². The van der Waals surface area contributed by atoms with Gasteiger partial charge in [0, 0.05) is 25.3 Å². The first-order chi connectivity index (χ1) is 7.72. The number of nitrogens with zero attached hydrogens (tertiary/aromatic N) is 2. The summed E-state index contributed by atoms with van der Waals surface area (Å²) in [5.41, 5.74) is 5.65. The molecule has 0 saturated carbocycles. The van der Waals surface area contributed by atoms with E-state index in [1.54, 1.807) is 6.20 Å². The van der Waals surface area contributed by atoms with Crippen molar-refractivity contribution in [2.45, 2.75) is 32.7 Å². The van der Waals surface area contributed by atoms with Gasteiger partial charge in [0.2, 0.25) is 0 Å². The molecule has 0 radical (unpaired) electrons. The number of anilines is 1. The van der Waals surface area contributed by atoms with Gasteiger partial charge in [-0.3, -0.25) is 0 Å². The molecule has 2 N–H and O–H groups in total. The molecule has 0 aliphatic rings. The van der Waals surface area contributed by atoms with E-state index in [4.69, 9.17) is 17.3 Å². The van der Waals surface area contributed by atoms with Crippen LogP contribution in [-0.4, -0.2) is 24.1 Å². The van der Waals surface area contributed by atoms with Crippen LogP contribution in [0.1, 0.15) is 26.7 Å². The molecule has 1 aromatic heterocycles. The van der Waals surface area contributed by atoms with Gasteiger partial charge in [-0.2, -0.15) is 0 Å². The summed E-state index contributed by atoms with van der Waals surface area (Å²) in [6, 6.07) is 4.32. The van der Waals surface area contributed by atoms with Gasteiger partial charge in [0.25, 0.3) is 0 Å². The highest BCUT2D eigenvalue weighted by atomic mass is 35.5. The van der Waals surface area contributed by atoms with Crippen LogP contribution in [0.25, 0.3) is 0 Å². The summed E-state index contributed by atoms with van der Waals surface area (Å²) in [5.74, 6) is 0.962. The van der Waals surface area contributed by atoms with E-state index in [1.807, 2.05) is 12.1 Å². The van der Waals surface area contributed by atoms with Crippen LogP contribution in [-0.2, 0) is 0 Å². The van der Waals surface area contributed by atoms with Gasteiger partial charge < -0.3 is 10.6 Å². The van der Waals surface area contributed by atoms with E-state index < -0.39 is 0 Å². The molecule has 0 spiro atoms. The van der Waals surface area contributed by atoms with Crippen LogP contribution >= 0.6 is 11.6 Å². The summed E-state index contributed by atoms with van der Waals surface area (Å²) in [4.78, 5) is 6.61. The van der Waals surface area contributed by atoms with Gasteiger partial charge in [-0.25, -0.2) is 4.98 Å². The van der Waals surface area contributed by atoms with Crippen LogP contribution in [0, 0.1) is 0 Å². The Bertz CT molecular complexity index is 296. The zero-order valence-electron chi connectivity index (χ0n) is 9.99. The number of aromatic nitrogens is 1. The number of nitrogens with two attached hydrogens (primary N) is 1. The Morgan fingerprint density at radius 1 is 1.38 bits per heavy atom. The van der Waals surface area contributed by atoms with Crippen molar-refractivity contribution in [2.24, 2.45) is 5.73 Å². The summed E-state index contributed by atoms with van der Waals surface area (Å²) >= 11 is 5.84. The van der Waals surface area contributed by atoms with Gasteiger partial charge in [0.05, 0.1) is 5.02 Å². The van der Waals surface area contributed by atoms with Crippen LogP contribution in [0.5, 0.6) is 0 Å². The highest BCUT2D eigenvalue weighted by Gasteiger charge is 2.15. The Labute approximate surface area is 103 Å². The van der Waals surface area contributed by atoms with Gasteiger partial charge >= 0.3 is 0 Å². The minimum absolute atomic E-state index is 0.497. The Balaban J connectivity index is 2.87. The fraction of sp³-hybridized carbons (Fsp3) is 0.583. The average Bonchev–Trinajstić information content (AvgIpc) is 2.31. The molecule has 0 fully saturated rings. The lowest BCUT2D eigenvalue weighted by atomic mass is 10.1. The van der Waals surface area contributed by atoms with E-state index in [-0.39, 0.29) is 0 Å². The molecule has 0 saturated heterocycles. The smallest absolute Gasteiger partial charge is 0.128 e. The molecule has 0 aromatic carbocycles. The molecular formula is C12H20ClN3. The van der Waals surface area contributed by atoms with Crippen molar-refractivity contribution in [3.05, 3.63) is 23.4 Å². The molecule has 0 aliphatic carbocycles. The van der Waals surface area contributed by atoms with Gasteiger partial charge in [0.15, 0.2) is 0 Å². The van der Waals surface area contributed by atoms with Crippen LogP contribution in [0.2, 0.25) is 5.02 Å². The Hall–Kier alpha value is -0.800. The van der Waals surface area contributed by atoms with E-state index in [1.165, 1.54) is 0 Å². The number of hydrogen-bond acceptors (Lipinski definition) is 3. The molecule has 3 nitrogen and oxygen atoms in total. The molecule has 4 heteroatoms. The van der Waals surface area contributed by atoms with E-state index in [2.05, 4.69) is 23.7 Å². The molecular weight excluding hydrogens is 222 g/mol. The predicted octanol–water partition coefficient (Wildman–Crippen LogP) is 2.69. The third-order valence-corrected chi connectivity index (χ3v) is 2.98. The summed E-state index contributed by atoms with van der Waals surface area (Å²) in [5, 5.41) is 0.668. The molecule has 1 rings (SSSR count). The van der Waals surface area contributed by atoms with Crippen molar-refractivity contribution >= 4 is 17.4 Å². The van der Waals surface area contributed by atoms with Crippen molar-refractivity contribution < 1.29 is 0 Å². The Kier molecular flexibility index (Phi) is 5.56. The van der Waals surface area contributed by atoms with E-state index in [0.29, 0.717) is 17.6 Å². The van der Waals surface area contributed by atoms with Crippen molar-refractivity contribution in [3.8, 4) is 0 Å². The first-order valence-electron chi connectivity index (χ1n) is 5.81. The summed E-state index contributed by atoms with van der Waals surface area (Å²) in [6.07, 6.45) is 3.88. The molecule has 0 amide bonds. The molecule has 0 unspecified atom stereocenters. The SMILES string of the molecule is CCC(CC)N(CCN)c1ccc(Cl)cn1. The molecule has 0 atom stereocenters. The lowest BCUT2D eigenvalue weighted by molar-refractivity contribution is 0.554. The van der Waals surface area contributed by atoms with Crippen LogP contribution in [0.4, 0.5) is 5.82 Å². The average molecular weight is 242 g/mol. The van der Waals surface area contributed by atoms with Crippen molar-refractivity contribution in [2.75, 3.05) is 18.0 Å². The minimum Gasteiger partial charge on any atom is -0.352 e. The van der Waals surface area contributed by atoms with Crippen LogP contribution in [0.15, 0.2) is 18.3 Å². The summed E-state index contributed by atoms with van der Waals surface area (Å²) in [6.45, 7) is 5.85. The monoisotopic (exact) mass is 241 g/mol. The first kappa shape index (κ1) is 13.3. The minimum atomic E-state index is 0.497. The fourth-order valence-electron chi connectivity index (χ4n) is 1.89. The van der Waals surface area contributed by atoms with E-state index in [9.17, 15) is 0 Å². The lowest BCUT2D eigenvalue weighted by Gasteiger charge is -2.31. The second-order valence-corrected chi connectivity index (χ2v) is 4.22. The quantitative estimate of drug-likeness (QED) is 0.833. The van der Waals surface area contributed by atoms with Gasteiger partial charge in [-0.1, -0.05) is 25.4 Å². The maximum absolute atomic E-state index is 5.84. The maximum Gasteiger partial charge on any atom is 0.128 e. The predicted molar refractivity (Wildman–Crippen MR) is 70.0 cm³/mol. The second kappa shape index (κ2) is 6.71. The van der Waals surface area contributed by atoms with Crippen LogP contribution < -0.4 is 10.6 Å². The second-order valence-electron chi connectivity index (χ2n) is 3.79. The molecule has 0 bridgehead atoms. The molecule has 1 aromatic rings. The Morgan fingerprint density at radius 3 is 2.50 bits per heavy atom. The third-order valence-electron chi connectivity index (χ3n) is 2.76. The number of rotatable bonds is 6. The normalized spacial score (nSPS) is 10.8. The first-order valence-corrected chi connectivity index (χ1v) is 6.19. The lowest BCUT2D eigenvalue weighted by Crippen LogP contribution is -2.38. The van der Waals surface area contributed by atoms with E-state index in [0.717, 1.165) is 25.2 Å². The zero-order valence-corrected chi connectivity index (χ0v) is 10.7. The number of pyridine rings is 1. The zero-order chi connectivity index (χ0) is 12.0. The van der Waals surface area contributed by atoms with E-state index >= 15 is 0 Å². The van der Waals surface area contributed by atoms with Crippen molar-refractivity contribution in [3.63, 3.8) is 0 Å². The maximum atomic E-state index is 5.84. The summed E-state index contributed by atoms with van der Waals surface area (Å²) in [7, 11) is 0. The topological polar surface area (TPSA) is 42.1 Å². The van der Waals surface area contributed by atoms with Gasteiger partial charge in [0.1, 0.15) is 5.82 Å². The molecule has 90 valence electrons. The highest BCUT2D eigenvalue weighted by Crippen LogP contribution is 2.19. The molecule has 0 aliphatic heterocycles. The molecule has 16 heavy (non-hydrogen) atoms. The summed E-state index contributed by atoms with van der Waals surface area (Å²) < 4.78 is 0. The van der Waals surface area contributed by atoms with Gasteiger partial charge in [-0.15, -0.1) is 0 Å².